The summed E-state index contributed by atoms with van der Waals surface area (Å²) in [6, 6.07) is 3.73. The van der Waals surface area contributed by atoms with Gasteiger partial charge in [-0.15, -0.1) is 10.2 Å². The van der Waals surface area contributed by atoms with Crippen LogP contribution in [0.3, 0.4) is 0 Å². The van der Waals surface area contributed by atoms with Gasteiger partial charge in [0.05, 0.1) is 17.3 Å². The number of H-pyrrole nitrogens is 1. The Hall–Kier alpha value is -2.85. The highest BCUT2D eigenvalue weighted by Gasteiger charge is 2.63. The van der Waals surface area contributed by atoms with Gasteiger partial charge in [-0.1, -0.05) is 0 Å². The quantitative estimate of drug-likeness (QED) is 0.618. The molecule has 2 saturated heterocycles. The average Bonchev–Trinajstić information content (AvgIpc) is 3.68. The number of aromatic amines is 1. The number of rotatable bonds is 6. The van der Waals surface area contributed by atoms with Gasteiger partial charge in [0.15, 0.2) is 0 Å². The summed E-state index contributed by atoms with van der Waals surface area (Å²) in [7, 11) is 0. The Morgan fingerprint density at radius 2 is 1.72 bits per heavy atom. The fraction of sp³-hybridized carbons (Fsp3) is 0.680. The number of amides is 2. The van der Waals surface area contributed by atoms with Crippen molar-refractivity contribution in [1.82, 2.24) is 30.0 Å². The van der Waals surface area contributed by atoms with Crippen LogP contribution < -0.4 is 5.32 Å². The van der Waals surface area contributed by atoms with E-state index >= 15 is 0 Å². The van der Waals surface area contributed by atoms with Crippen molar-refractivity contribution in [2.24, 2.45) is 10.8 Å². The number of nitrogens with one attached hydrogen (secondary N) is 2. The number of hydrogen-bond acceptors (Lipinski definition) is 5. The van der Waals surface area contributed by atoms with Crippen molar-refractivity contribution in [2.75, 3.05) is 38.0 Å². The van der Waals surface area contributed by atoms with Gasteiger partial charge in [0.2, 0.25) is 0 Å². The summed E-state index contributed by atoms with van der Waals surface area (Å²) in [6.07, 6.45) is 2.35. The summed E-state index contributed by atoms with van der Waals surface area (Å²) in [6.45, 7) is 2.77. The standard InChI is InChI=1S/C25H30F3N7O/c26-25(27,28)24(5-6-24)12-30-18-3-4-19(29-9-18)17-10-34(11-17)22(36)35-13-23(14-35)7-16(8-23)21-31-20(32-33-21)15-1-2-15/h3-4,9,15-17,30H,1-2,5-8,10-14H2,(H,31,32,33). The summed E-state index contributed by atoms with van der Waals surface area (Å²) in [4.78, 5) is 24.5. The van der Waals surface area contributed by atoms with E-state index in [0.717, 1.165) is 43.3 Å². The van der Waals surface area contributed by atoms with E-state index in [-0.39, 0.29) is 36.8 Å². The number of aromatic nitrogens is 4. The molecule has 5 aliphatic rings. The van der Waals surface area contributed by atoms with Crippen molar-refractivity contribution >= 4 is 11.7 Å². The number of halogens is 3. The molecule has 2 N–H and O–H groups in total. The third-order valence-corrected chi connectivity index (χ3v) is 9.00. The van der Waals surface area contributed by atoms with Crippen LogP contribution in [-0.4, -0.2) is 74.9 Å². The minimum atomic E-state index is -4.16. The van der Waals surface area contributed by atoms with Crippen LogP contribution in [0, 0.1) is 10.8 Å². The second-order valence-electron chi connectivity index (χ2n) is 11.8. The maximum atomic E-state index is 13.1. The second-order valence-corrected chi connectivity index (χ2v) is 11.8. The molecule has 0 radical (unpaired) electrons. The van der Waals surface area contributed by atoms with Gasteiger partial charge in [-0.25, -0.2) is 4.79 Å². The molecule has 0 bridgehead atoms. The van der Waals surface area contributed by atoms with E-state index in [9.17, 15) is 18.0 Å². The lowest BCUT2D eigenvalue weighted by atomic mass is 9.57. The van der Waals surface area contributed by atoms with Crippen LogP contribution in [0.15, 0.2) is 18.3 Å². The Morgan fingerprint density at radius 3 is 2.31 bits per heavy atom. The molecule has 7 rings (SSSR count). The van der Waals surface area contributed by atoms with E-state index in [1.165, 1.54) is 12.8 Å². The lowest BCUT2D eigenvalue weighted by Gasteiger charge is -2.59. The van der Waals surface area contributed by atoms with E-state index < -0.39 is 11.6 Å². The van der Waals surface area contributed by atoms with Crippen molar-refractivity contribution in [1.29, 1.82) is 0 Å². The van der Waals surface area contributed by atoms with Crippen LogP contribution in [0.5, 0.6) is 0 Å². The molecular formula is C25H30F3N7O. The number of hydrogen-bond donors (Lipinski definition) is 2. The molecule has 0 atom stereocenters. The van der Waals surface area contributed by atoms with Crippen LogP contribution in [0.25, 0.3) is 0 Å². The smallest absolute Gasteiger partial charge is 0.383 e. The largest absolute Gasteiger partial charge is 0.396 e. The predicted molar refractivity (Wildman–Crippen MR) is 124 cm³/mol. The van der Waals surface area contributed by atoms with Gasteiger partial charge in [0, 0.05) is 61.6 Å². The zero-order chi connectivity index (χ0) is 24.7. The minimum Gasteiger partial charge on any atom is -0.383 e. The molecule has 192 valence electrons. The summed E-state index contributed by atoms with van der Waals surface area (Å²) in [5.41, 5.74) is 0.139. The first-order chi connectivity index (χ1) is 17.2. The number of pyridine rings is 1. The number of carbonyl (C=O) groups excluding carboxylic acids is 1. The fourth-order valence-electron chi connectivity index (χ4n) is 6.10. The molecule has 2 amide bonds. The molecule has 3 aliphatic carbocycles. The third kappa shape index (κ3) is 3.73. The molecule has 0 unspecified atom stereocenters. The lowest BCUT2D eigenvalue weighted by Crippen LogP contribution is -2.67. The van der Waals surface area contributed by atoms with Crippen LogP contribution in [0.4, 0.5) is 23.7 Å². The molecule has 5 fully saturated rings. The highest BCUT2D eigenvalue weighted by molar-refractivity contribution is 5.77. The van der Waals surface area contributed by atoms with Crippen molar-refractivity contribution in [3.8, 4) is 0 Å². The van der Waals surface area contributed by atoms with E-state index in [1.54, 1.807) is 12.3 Å². The Morgan fingerprint density at radius 1 is 1.03 bits per heavy atom. The monoisotopic (exact) mass is 501 g/mol. The number of carbonyl (C=O) groups is 1. The van der Waals surface area contributed by atoms with E-state index in [1.807, 2.05) is 15.9 Å². The maximum Gasteiger partial charge on any atom is 0.396 e. The zero-order valence-electron chi connectivity index (χ0n) is 20.0. The van der Waals surface area contributed by atoms with Gasteiger partial charge in [0.25, 0.3) is 0 Å². The van der Waals surface area contributed by atoms with Crippen molar-refractivity contribution in [3.05, 3.63) is 35.7 Å². The van der Waals surface area contributed by atoms with Gasteiger partial charge >= 0.3 is 12.2 Å². The highest BCUT2D eigenvalue weighted by atomic mass is 19.4. The summed E-state index contributed by atoms with van der Waals surface area (Å²) in [5, 5.41) is 11.5. The predicted octanol–water partition coefficient (Wildman–Crippen LogP) is 4.23. The summed E-state index contributed by atoms with van der Waals surface area (Å²) in [5.74, 6) is 3.24. The van der Waals surface area contributed by atoms with Crippen LogP contribution in [0.1, 0.15) is 73.6 Å². The van der Waals surface area contributed by atoms with Gasteiger partial charge in [-0.05, 0) is 50.7 Å². The van der Waals surface area contributed by atoms with Crippen LogP contribution in [0.2, 0.25) is 0 Å². The molecule has 4 heterocycles. The number of urea groups is 1. The Balaban J connectivity index is 0.851. The van der Waals surface area contributed by atoms with Crippen molar-refractivity contribution in [3.63, 3.8) is 0 Å². The van der Waals surface area contributed by atoms with E-state index in [0.29, 0.717) is 30.6 Å². The first-order valence-electron chi connectivity index (χ1n) is 13.0. The van der Waals surface area contributed by atoms with Crippen molar-refractivity contribution < 1.29 is 18.0 Å². The van der Waals surface area contributed by atoms with Gasteiger partial charge in [-0.3, -0.25) is 4.98 Å². The van der Waals surface area contributed by atoms with Crippen LogP contribution >= 0.6 is 0 Å². The molecule has 36 heavy (non-hydrogen) atoms. The molecular weight excluding hydrogens is 471 g/mol. The Bertz CT molecular complexity index is 1150. The Labute approximate surface area is 207 Å². The topological polar surface area (TPSA) is 90.0 Å². The summed E-state index contributed by atoms with van der Waals surface area (Å²) < 4.78 is 39.3. The highest BCUT2D eigenvalue weighted by Crippen LogP contribution is 2.58. The number of likely N-dealkylation sites (tertiary alicyclic amines) is 2. The molecule has 1 spiro atoms. The molecule has 11 heteroatoms. The molecule has 8 nitrogen and oxygen atoms in total. The van der Waals surface area contributed by atoms with Crippen molar-refractivity contribution in [2.45, 2.75) is 62.5 Å². The first kappa shape index (κ1) is 22.4. The second kappa shape index (κ2) is 7.58. The van der Waals surface area contributed by atoms with Crippen LogP contribution in [-0.2, 0) is 0 Å². The number of anilines is 1. The normalized spacial score (nSPS) is 24.8. The number of alkyl halides is 3. The average molecular weight is 502 g/mol. The Kier molecular flexibility index (Phi) is 4.71. The lowest BCUT2D eigenvalue weighted by molar-refractivity contribution is -0.182. The fourth-order valence-corrected chi connectivity index (χ4v) is 6.10. The minimum absolute atomic E-state index is 0.0937. The van der Waals surface area contributed by atoms with Gasteiger partial charge < -0.3 is 20.1 Å². The first-order valence-corrected chi connectivity index (χ1v) is 13.0. The molecule has 3 saturated carbocycles. The molecule has 2 aromatic heterocycles. The van der Waals surface area contributed by atoms with E-state index in [4.69, 9.17) is 0 Å². The summed E-state index contributed by atoms with van der Waals surface area (Å²) >= 11 is 0. The van der Waals surface area contributed by atoms with Gasteiger partial charge in [0.1, 0.15) is 11.6 Å². The maximum absolute atomic E-state index is 13.1. The molecule has 2 aliphatic heterocycles. The van der Waals surface area contributed by atoms with Gasteiger partial charge in [-0.2, -0.15) is 13.2 Å². The zero-order valence-corrected chi connectivity index (χ0v) is 20.0. The molecule has 2 aromatic rings. The van der Waals surface area contributed by atoms with E-state index in [2.05, 4.69) is 25.5 Å². The third-order valence-electron chi connectivity index (χ3n) is 9.00. The number of nitrogens with zero attached hydrogens (tertiary/aromatic N) is 5. The SMILES string of the molecule is O=C(N1CC(c2ccc(NCC3(C(F)(F)F)CC3)cn2)C1)N1CC2(CC(c3nnc(C4CC4)[nH]3)C2)C1. The molecule has 0 aromatic carbocycles.